The maximum atomic E-state index is 12.3. The quantitative estimate of drug-likeness (QED) is 0.827. The summed E-state index contributed by atoms with van der Waals surface area (Å²) in [7, 11) is 0. The maximum Gasteiger partial charge on any atom is 0.348 e. The van der Waals surface area contributed by atoms with Gasteiger partial charge in [0.1, 0.15) is 11.5 Å². The van der Waals surface area contributed by atoms with E-state index >= 15 is 0 Å². The summed E-state index contributed by atoms with van der Waals surface area (Å²) in [5.41, 5.74) is 1.96. The largest absolute Gasteiger partial charge is 0.455 e. The van der Waals surface area contributed by atoms with Crippen LogP contribution in [0.2, 0.25) is 0 Å². The van der Waals surface area contributed by atoms with Crippen molar-refractivity contribution in [2.24, 2.45) is 0 Å². The van der Waals surface area contributed by atoms with Crippen molar-refractivity contribution in [2.45, 2.75) is 52.1 Å². The number of fused-ring (bicyclic) bond motifs is 1. The number of esters is 1. The number of thiophene rings is 1. The van der Waals surface area contributed by atoms with Crippen molar-refractivity contribution in [1.82, 2.24) is 4.98 Å². The van der Waals surface area contributed by atoms with Gasteiger partial charge in [0.15, 0.2) is 5.13 Å². The number of rotatable bonds is 4. The van der Waals surface area contributed by atoms with Gasteiger partial charge in [-0.1, -0.05) is 12.8 Å². The molecule has 2 aromatic rings. The van der Waals surface area contributed by atoms with Crippen molar-refractivity contribution in [2.75, 3.05) is 5.32 Å². The molecule has 2 heterocycles. The summed E-state index contributed by atoms with van der Waals surface area (Å²) in [6, 6.07) is 2.00. The predicted octanol–water partition coefficient (Wildman–Crippen LogP) is 4.18. The molecule has 3 rings (SSSR count). The Kier molecular flexibility index (Phi) is 5.63. The van der Waals surface area contributed by atoms with Gasteiger partial charge in [0, 0.05) is 17.2 Å². The number of carbonyl (C=O) groups excluding carboxylic acids is 2. The molecule has 1 aliphatic rings. The number of ether oxygens (including phenoxy) is 1. The molecule has 0 spiro atoms. The molecule has 128 valence electrons. The summed E-state index contributed by atoms with van der Waals surface area (Å²) < 4.78 is 5.38. The summed E-state index contributed by atoms with van der Waals surface area (Å²) in [5.74, 6) is -0.454. The molecule has 0 aliphatic heterocycles. The Hall–Kier alpha value is -1.73. The standard InChI is InChI=1S/C17H20N2O3S2/c1-11(20)18-17-19-13(10-23-17)9-22-16(21)15-8-12-6-4-2-3-5-7-14(12)24-15/h8,10H,2-7,9H2,1H3,(H,18,19,20). The molecule has 0 saturated heterocycles. The molecule has 0 atom stereocenters. The van der Waals surface area contributed by atoms with Gasteiger partial charge in [-0.2, -0.15) is 0 Å². The minimum Gasteiger partial charge on any atom is -0.455 e. The monoisotopic (exact) mass is 364 g/mol. The second-order valence-corrected chi connectivity index (χ2v) is 7.87. The number of hydrogen-bond acceptors (Lipinski definition) is 6. The second-order valence-electron chi connectivity index (χ2n) is 5.87. The van der Waals surface area contributed by atoms with Crippen LogP contribution in [0, 0.1) is 0 Å². The highest BCUT2D eigenvalue weighted by atomic mass is 32.1. The highest BCUT2D eigenvalue weighted by Crippen LogP contribution is 2.29. The van der Waals surface area contributed by atoms with Gasteiger partial charge in [-0.3, -0.25) is 4.79 Å². The lowest BCUT2D eigenvalue weighted by Gasteiger charge is -2.07. The normalized spacial score (nSPS) is 14.4. The van der Waals surface area contributed by atoms with E-state index in [1.54, 1.807) is 16.7 Å². The summed E-state index contributed by atoms with van der Waals surface area (Å²) in [4.78, 5) is 29.5. The van der Waals surface area contributed by atoms with Crippen molar-refractivity contribution in [3.05, 3.63) is 32.5 Å². The predicted molar refractivity (Wildman–Crippen MR) is 95.7 cm³/mol. The lowest BCUT2D eigenvalue weighted by atomic mass is 10.00. The number of hydrogen-bond donors (Lipinski definition) is 1. The van der Waals surface area contributed by atoms with E-state index in [9.17, 15) is 9.59 Å². The summed E-state index contributed by atoms with van der Waals surface area (Å²) >= 11 is 2.89. The van der Waals surface area contributed by atoms with Crippen LogP contribution in [0.5, 0.6) is 0 Å². The van der Waals surface area contributed by atoms with Crippen LogP contribution in [-0.2, 0) is 29.0 Å². The Labute approximate surface area is 149 Å². The molecule has 0 aromatic carbocycles. The fourth-order valence-corrected chi connectivity index (χ4v) is 4.63. The molecule has 0 fully saturated rings. The summed E-state index contributed by atoms with van der Waals surface area (Å²) in [5, 5.41) is 4.92. The maximum absolute atomic E-state index is 12.3. The third kappa shape index (κ3) is 4.42. The minimum absolute atomic E-state index is 0.123. The highest BCUT2D eigenvalue weighted by molar-refractivity contribution is 7.14. The first-order chi connectivity index (χ1) is 11.6. The van der Waals surface area contributed by atoms with E-state index in [0.717, 1.165) is 12.8 Å². The number of nitrogens with zero attached hydrogens (tertiary/aromatic N) is 1. The van der Waals surface area contributed by atoms with Crippen LogP contribution < -0.4 is 5.32 Å². The fraction of sp³-hybridized carbons (Fsp3) is 0.471. The van der Waals surface area contributed by atoms with Gasteiger partial charge in [0.25, 0.3) is 0 Å². The Morgan fingerprint density at radius 2 is 2.04 bits per heavy atom. The van der Waals surface area contributed by atoms with Crippen LogP contribution in [0.25, 0.3) is 0 Å². The van der Waals surface area contributed by atoms with Gasteiger partial charge in [-0.25, -0.2) is 9.78 Å². The molecule has 0 radical (unpaired) electrons. The number of nitrogens with one attached hydrogen (secondary N) is 1. The molecular weight excluding hydrogens is 344 g/mol. The van der Waals surface area contributed by atoms with Gasteiger partial charge >= 0.3 is 5.97 Å². The Morgan fingerprint density at radius 1 is 1.25 bits per heavy atom. The van der Waals surface area contributed by atoms with Crippen molar-refractivity contribution in [1.29, 1.82) is 0 Å². The van der Waals surface area contributed by atoms with Crippen molar-refractivity contribution in [3.8, 4) is 0 Å². The molecule has 0 unspecified atom stereocenters. The molecule has 1 amide bonds. The van der Waals surface area contributed by atoms with E-state index < -0.39 is 0 Å². The SMILES string of the molecule is CC(=O)Nc1nc(COC(=O)c2cc3c(s2)CCCCCC3)cs1. The van der Waals surface area contributed by atoms with Gasteiger partial charge in [0.2, 0.25) is 5.91 Å². The third-order valence-corrected chi connectivity index (χ3v) is 5.91. The first-order valence-corrected chi connectivity index (χ1v) is 9.82. The highest BCUT2D eigenvalue weighted by Gasteiger charge is 2.17. The fourth-order valence-electron chi connectivity index (χ4n) is 2.74. The van der Waals surface area contributed by atoms with E-state index in [-0.39, 0.29) is 18.5 Å². The Balaban J connectivity index is 1.59. The van der Waals surface area contributed by atoms with E-state index in [0.29, 0.717) is 15.7 Å². The molecule has 5 nitrogen and oxygen atoms in total. The zero-order valence-corrected chi connectivity index (χ0v) is 15.2. The van der Waals surface area contributed by atoms with Gasteiger partial charge in [-0.15, -0.1) is 22.7 Å². The van der Waals surface area contributed by atoms with E-state index in [1.807, 2.05) is 6.07 Å². The number of thiazole rings is 1. The van der Waals surface area contributed by atoms with Crippen LogP contribution in [0.1, 0.15) is 58.4 Å². The topological polar surface area (TPSA) is 68.3 Å². The molecule has 1 N–H and O–H groups in total. The van der Waals surface area contributed by atoms with E-state index in [1.165, 1.54) is 54.4 Å². The Morgan fingerprint density at radius 3 is 2.83 bits per heavy atom. The van der Waals surface area contributed by atoms with E-state index in [2.05, 4.69) is 10.3 Å². The molecule has 2 aromatic heterocycles. The summed E-state index contributed by atoms with van der Waals surface area (Å²) in [6.07, 6.45) is 7.08. The first-order valence-electron chi connectivity index (χ1n) is 8.12. The molecule has 0 saturated carbocycles. The van der Waals surface area contributed by atoms with Crippen LogP contribution in [0.4, 0.5) is 5.13 Å². The van der Waals surface area contributed by atoms with E-state index in [4.69, 9.17) is 4.74 Å². The van der Waals surface area contributed by atoms with Gasteiger partial charge in [0.05, 0.1) is 5.69 Å². The average Bonchev–Trinajstić information content (AvgIpc) is 3.11. The number of carbonyl (C=O) groups is 2. The molecule has 7 heteroatoms. The lowest BCUT2D eigenvalue weighted by molar-refractivity contribution is -0.114. The van der Waals surface area contributed by atoms with Crippen molar-refractivity contribution < 1.29 is 14.3 Å². The smallest absolute Gasteiger partial charge is 0.348 e. The van der Waals surface area contributed by atoms with Crippen molar-refractivity contribution >= 4 is 39.7 Å². The van der Waals surface area contributed by atoms with Gasteiger partial charge < -0.3 is 10.1 Å². The zero-order chi connectivity index (χ0) is 16.9. The number of aromatic nitrogens is 1. The summed E-state index contributed by atoms with van der Waals surface area (Å²) in [6.45, 7) is 1.56. The van der Waals surface area contributed by atoms with Crippen LogP contribution in [0.15, 0.2) is 11.4 Å². The molecule has 0 bridgehead atoms. The minimum atomic E-state index is -0.291. The molecular formula is C17H20N2O3S2. The first kappa shape index (κ1) is 17.1. The third-order valence-electron chi connectivity index (χ3n) is 3.88. The number of anilines is 1. The zero-order valence-electron chi connectivity index (χ0n) is 13.6. The van der Waals surface area contributed by atoms with Crippen molar-refractivity contribution in [3.63, 3.8) is 0 Å². The second kappa shape index (κ2) is 7.90. The molecule has 1 aliphatic carbocycles. The Bertz CT molecular complexity index is 711. The van der Waals surface area contributed by atoms with Crippen LogP contribution in [-0.4, -0.2) is 16.9 Å². The number of amides is 1. The lowest BCUT2D eigenvalue weighted by Crippen LogP contribution is -2.06. The van der Waals surface area contributed by atoms with Crippen LogP contribution in [0.3, 0.4) is 0 Å². The molecule has 24 heavy (non-hydrogen) atoms. The van der Waals surface area contributed by atoms with Crippen LogP contribution >= 0.6 is 22.7 Å². The average molecular weight is 364 g/mol. The number of aryl methyl sites for hydroxylation is 2. The van der Waals surface area contributed by atoms with Gasteiger partial charge in [-0.05, 0) is 37.3 Å².